The van der Waals surface area contributed by atoms with Crippen LogP contribution in [0.25, 0.3) is 0 Å². The van der Waals surface area contributed by atoms with Crippen LogP contribution in [0.2, 0.25) is 5.15 Å². The van der Waals surface area contributed by atoms with Crippen LogP contribution in [0, 0.1) is 0 Å². The lowest BCUT2D eigenvalue weighted by molar-refractivity contribution is 0.0787. The maximum absolute atomic E-state index is 12.4. The summed E-state index contributed by atoms with van der Waals surface area (Å²) in [5.41, 5.74) is 0.324. The largest absolute Gasteiger partial charge is 0.493 e. The lowest BCUT2D eigenvalue weighted by atomic mass is 10.2. The van der Waals surface area contributed by atoms with Gasteiger partial charge >= 0.3 is 0 Å². The SMILES string of the molecule is CN(CCCOc1cccc(S(C)(=O)=O)c1)C(=O)c1cc(Br)cnc1Cl. The minimum atomic E-state index is -3.27. The van der Waals surface area contributed by atoms with Gasteiger partial charge in [0.15, 0.2) is 9.84 Å². The topological polar surface area (TPSA) is 76.6 Å². The second-order valence-electron chi connectivity index (χ2n) is 5.67. The molecule has 6 nitrogen and oxygen atoms in total. The zero-order valence-electron chi connectivity index (χ0n) is 14.3. The summed E-state index contributed by atoms with van der Waals surface area (Å²) in [5.74, 6) is 0.240. The van der Waals surface area contributed by atoms with E-state index in [2.05, 4.69) is 20.9 Å². The molecule has 1 heterocycles. The summed E-state index contributed by atoms with van der Waals surface area (Å²) >= 11 is 9.24. The molecule has 0 atom stereocenters. The monoisotopic (exact) mass is 460 g/mol. The molecule has 2 aromatic rings. The first-order chi connectivity index (χ1) is 12.2. The lowest BCUT2D eigenvalue weighted by Gasteiger charge is -2.18. The highest BCUT2D eigenvalue weighted by atomic mass is 79.9. The summed E-state index contributed by atoms with van der Waals surface area (Å²) in [6, 6.07) is 7.95. The van der Waals surface area contributed by atoms with Crippen LogP contribution in [-0.2, 0) is 9.84 Å². The van der Waals surface area contributed by atoms with Crippen LogP contribution in [0.3, 0.4) is 0 Å². The molecule has 1 amide bonds. The van der Waals surface area contributed by atoms with E-state index in [0.717, 1.165) is 6.26 Å². The molecule has 1 aromatic carbocycles. The number of amides is 1. The molecule has 0 saturated heterocycles. The Hall–Kier alpha value is -1.64. The fourth-order valence-electron chi connectivity index (χ4n) is 2.17. The van der Waals surface area contributed by atoms with Crippen LogP contribution in [0.5, 0.6) is 5.75 Å². The van der Waals surface area contributed by atoms with Gasteiger partial charge in [0.1, 0.15) is 10.9 Å². The highest BCUT2D eigenvalue weighted by molar-refractivity contribution is 9.10. The molecular weight excluding hydrogens is 444 g/mol. The first-order valence-corrected chi connectivity index (χ1v) is 10.7. The van der Waals surface area contributed by atoms with Crippen molar-refractivity contribution < 1.29 is 17.9 Å². The number of nitrogens with zero attached hydrogens (tertiary/aromatic N) is 2. The van der Waals surface area contributed by atoms with E-state index in [9.17, 15) is 13.2 Å². The minimum Gasteiger partial charge on any atom is -0.493 e. The number of carbonyl (C=O) groups is 1. The molecule has 0 saturated carbocycles. The van der Waals surface area contributed by atoms with Gasteiger partial charge in [-0.1, -0.05) is 17.7 Å². The molecular formula is C17H18BrClN2O4S. The number of carbonyl (C=O) groups excluding carboxylic acids is 1. The molecule has 9 heteroatoms. The third kappa shape index (κ3) is 5.69. The number of hydrogen-bond acceptors (Lipinski definition) is 5. The first kappa shape index (κ1) is 20.7. The van der Waals surface area contributed by atoms with Crippen molar-refractivity contribution in [1.29, 1.82) is 0 Å². The van der Waals surface area contributed by atoms with Crippen LogP contribution in [0.15, 0.2) is 45.9 Å². The fourth-order valence-corrected chi connectivity index (χ4v) is 3.34. The highest BCUT2D eigenvalue weighted by Gasteiger charge is 2.16. The third-order valence-corrected chi connectivity index (χ3v) is 5.37. The van der Waals surface area contributed by atoms with E-state index in [1.807, 2.05) is 0 Å². The van der Waals surface area contributed by atoms with Crippen LogP contribution in [0.4, 0.5) is 0 Å². The average Bonchev–Trinajstić information content (AvgIpc) is 2.59. The van der Waals surface area contributed by atoms with E-state index in [1.165, 1.54) is 23.2 Å². The Morgan fingerprint density at radius 3 is 2.77 bits per heavy atom. The predicted molar refractivity (Wildman–Crippen MR) is 104 cm³/mol. The number of aromatic nitrogens is 1. The number of pyridine rings is 1. The molecule has 0 aliphatic heterocycles. The van der Waals surface area contributed by atoms with Gasteiger partial charge in [0.2, 0.25) is 0 Å². The Morgan fingerprint density at radius 1 is 1.35 bits per heavy atom. The molecule has 26 heavy (non-hydrogen) atoms. The Balaban J connectivity index is 1.88. The number of benzene rings is 1. The fraction of sp³-hybridized carbons (Fsp3) is 0.294. The molecule has 0 fully saturated rings. The van der Waals surface area contributed by atoms with Gasteiger partial charge in [-0.15, -0.1) is 0 Å². The molecule has 1 aromatic heterocycles. The van der Waals surface area contributed by atoms with Crippen molar-refractivity contribution in [3.8, 4) is 5.75 Å². The number of halogens is 2. The van der Waals surface area contributed by atoms with Gasteiger partial charge in [-0.2, -0.15) is 0 Å². The van der Waals surface area contributed by atoms with E-state index in [-0.39, 0.29) is 16.0 Å². The summed E-state index contributed by atoms with van der Waals surface area (Å²) < 4.78 is 29.3. The van der Waals surface area contributed by atoms with Crippen molar-refractivity contribution >= 4 is 43.3 Å². The summed E-state index contributed by atoms with van der Waals surface area (Å²) in [6.45, 7) is 0.794. The molecule has 0 aliphatic carbocycles. The maximum atomic E-state index is 12.4. The lowest BCUT2D eigenvalue weighted by Crippen LogP contribution is -2.29. The van der Waals surface area contributed by atoms with Crippen LogP contribution >= 0.6 is 27.5 Å². The molecule has 0 bridgehead atoms. The van der Waals surface area contributed by atoms with Crippen molar-refractivity contribution in [3.05, 3.63) is 51.7 Å². The second kappa shape index (κ2) is 8.83. The molecule has 0 unspecified atom stereocenters. The van der Waals surface area contributed by atoms with E-state index >= 15 is 0 Å². The third-order valence-electron chi connectivity index (χ3n) is 3.52. The molecule has 140 valence electrons. The molecule has 0 radical (unpaired) electrons. The van der Waals surface area contributed by atoms with Gasteiger partial charge in [0.05, 0.1) is 17.1 Å². The minimum absolute atomic E-state index is 0.152. The van der Waals surface area contributed by atoms with Crippen molar-refractivity contribution in [3.63, 3.8) is 0 Å². The second-order valence-corrected chi connectivity index (χ2v) is 8.96. The summed E-state index contributed by atoms with van der Waals surface area (Å²) in [6.07, 6.45) is 3.25. The maximum Gasteiger partial charge on any atom is 0.256 e. The zero-order valence-corrected chi connectivity index (χ0v) is 17.4. The predicted octanol–water partition coefficient (Wildman–Crippen LogP) is 3.44. The normalized spacial score (nSPS) is 11.2. The van der Waals surface area contributed by atoms with Gasteiger partial charge in [0.25, 0.3) is 5.91 Å². The molecule has 0 N–H and O–H groups in total. The number of rotatable bonds is 7. The van der Waals surface area contributed by atoms with Crippen LogP contribution < -0.4 is 4.74 Å². The van der Waals surface area contributed by atoms with Crippen molar-refractivity contribution in [2.24, 2.45) is 0 Å². The van der Waals surface area contributed by atoms with Gasteiger partial charge in [-0.25, -0.2) is 13.4 Å². The van der Waals surface area contributed by atoms with Crippen LogP contribution in [-0.4, -0.2) is 50.7 Å². The number of sulfone groups is 1. The van der Waals surface area contributed by atoms with Gasteiger partial charge in [-0.3, -0.25) is 4.79 Å². The standard InChI is InChI=1S/C17H18BrClN2O4S/c1-21(17(22)15-9-12(18)11-20-16(15)19)7-4-8-25-13-5-3-6-14(10-13)26(2,23)24/h3,5-6,9-11H,4,7-8H2,1-2H3. The van der Waals surface area contributed by atoms with Gasteiger partial charge in [-0.05, 0) is 46.6 Å². The smallest absolute Gasteiger partial charge is 0.256 e. The van der Waals surface area contributed by atoms with E-state index in [0.29, 0.717) is 35.4 Å². The van der Waals surface area contributed by atoms with E-state index in [1.54, 1.807) is 25.2 Å². The van der Waals surface area contributed by atoms with Crippen molar-refractivity contribution in [1.82, 2.24) is 9.88 Å². The zero-order chi connectivity index (χ0) is 19.3. The molecule has 2 rings (SSSR count). The first-order valence-electron chi connectivity index (χ1n) is 7.68. The Bertz CT molecular complexity index is 905. The van der Waals surface area contributed by atoms with Crippen LogP contribution in [0.1, 0.15) is 16.8 Å². The quantitative estimate of drug-likeness (QED) is 0.466. The Morgan fingerprint density at radius 2 is 2.08 bits per heavy atom. The van der Waals surface area contributed by atoms with Gasteiger partial charge < -0.3 is 9.64 Å². The number of hydrogen-bond donors (Lipinski definition) is 0. The number of ether oxygens (including phenoxy) is 1. The summed E-state index contributed by atoms with van der Waals surface area (Å²) in [5, 5.41) is 0.152. The van der Waals surface area contributed by atoms with E-state index in [4.69, 9.17) is 16.3 Å². The molecule has 0 aliphatic rings. The van der Waals surface area contributed by atoms with E-state index < -0.39 is 9.84 Å². The summed E-state index contributed by atoms with van der Waals surface area (Å²) in [4.78, 5) is 18.1. The highest BCUT2D eigenvalue weighted by Crippen LogP contribution is 2.20. The van der Waals surface area contributed by atoms with Gasteiger partial charge in [0, 0.05) is 30.5 Å². The van der Waals surface area contributed by atoms with Crippen molar-refractivity contribution in [2.45, 2.75) is 11.3 Å². The van der Waals surface area contributed by atoms with Crippen molar-refractivity contribution in [2.75, 3.05) is 26.5 Å². The molecule has 0 spiro atoms. The average molecular weight is 462 g/mol. The summed E-state index contributed by atoms with van der Waals surface area (Å²) in [7, 11) is -1.60. The Labute approximate surface area is 166 Å². The Kier molecular flexibility index (Phi) is 7.02.